The number of carboxylic acid groups (broad SMARTS) is 1. The lowest BCUT2D eigenvalue weighted by Gasteiger charge is -2.38. The van der Waals surface area contributed by atoms with E-state index in [2.05, 4.69) is 12.2 Å². The van der Waals surface area contributed by atoms with Gasteiger partial charge in [0.2, 0.25) is 0 Å². The van der Waals surface area contributed by atoms with E-state index >= 15 is 0 Å². The Morgan fingerprint density at radius 1 is 1.53 bits per heavy atom. The smallest absolute Gasteiger partial charge is 0.337 e. The maximum atomic E-state index is 11.1. The van der Waals surface area contributed by atoms with Crippen molar-refractivity contribution >= 4 is 23.3 Å². The molecule has 17 heavy (non-hydrogen) atoms. The van der Waals surface area contributed by atoms with Crippen molar-refractivity contribution in [1.82, 2.24) is 0 Å². The van der Waals surface area contributed by atoms with Gasteiger partial charge in [0.25, 0.3) is 0 Å². The van der Waals surface area contributed by atoms with Gasteiger partial charge < -0.3 is 10.4 Å². The minimum absolute atomic E-state index is 0.275. The molecule has 1 fully saturated rings. The van der Waals surface area contributed by atoms with Gasteiger partial charge in [-0.3, -0.25) is 0 Å². The third-order valence-electron chi connectivity index (χ3n) is 3.48. The van der Waals surface area contributed by atoms with E-state index < -0.39 is 5.97 Å². The van der Waals surface area contributed by atoms with Crippen LogP contribution in [-0.4, -0.2) is 17.6 Å². The molecule has 1 aromatic carbocycles. The second-order valence-corrected chi connectivity index (χ2v) is 5.45. The number of anilines is 1. The van der Waals surface area contributed by atoms with Crippen molar-refractivity contribution in [1.29, 1.82) is 0 Å². The topological polar surface area (TPSA) is 49.3 Å². The molecule has 0 unspecified atom stereocenters. The van der Waals surface area contributed by atoms with E-state index in [4.69, 9.17) is 16.7 Å². The van der Waals surface area contributed by atoms with Crippen molar-refractivity contribution in [2.24, 2.45) is 5.41 Å². The van der Waals surface area contributed by atoms with E-state index in [9.17, 15) is 4.79 Å². The van der Waals surface area contributed by atoms with Crippen LogP contribution in [0.4, 0.5) is 5.69 Å². The standard InChI is InChI=1S/C13H16ClNO2/c1-13(5-2-6-13)8-15-11-7-9(14)3-4-10(11)12(16)17/h3-4,7,15H,2,5-6,8H2,1H3,(H,16,17). The number of carboxylic acids is 1. The summed E-state index contributed by atoms with van der Waals surface area (Å²) in [6, 6.07) is 4.81. The fourth-order valence-electron chi connectivity index (χ4n) is 2.11. The van der Waals surface area contributed by atoms with Gasteiger partial charge in [-0.15, -0.1) is 0 Å². The van der Waals surface area contributed by atoms with Gasteiger partial charge >= 0.3 is 5.97 Å². The van der Waals surface area contributed by atoms with Gasteiger partial charge in [0, 0.05) is 11.6 Å². The monoisotopic (exact) mass is 253 g/mol. The summed E-state index contributed by atoms with van der Waals surface area (Å²) in [5.41, 5.74) is 1.19. The first-order chi connectivity index (χ1) is 8.00. The number of benzene rings is 1. The quantitative estimate of drug-likeness (QED) is 0.861. The van der Waals surface area contributed by atoms with Crippen LogP contribution in [-0.2, 0) is 0 Å². The highest BCUT2D eigenvalue weighted by atomic mass is 35.5. The summed E-state index contributed by atoms with van der Waals surface area (Å²) in [6.07, 6.45) is 3.66. The van der Waals surface area contributed by atoms with Gasteiger partial charge in [-0.2, -0.15) is 0 Å². The molecule has 92 valence electrons. The predicted octanol–water partition coefficient (Wildman–Crippen LogP) is 3.64. The van der Waals surface area contributed by atoms with Crippen LogP contribution < -0.4 is 5.32 Å². The molecule has 3 nitrogen and oxygen atoms in total. The summed E-state index contributed by atoms with van der Waals surface area (Å²) < 4.78 is 0. The van der Waals surface area contributed by atoms with Crippen LogP contribution in [0.2, 0.25) is 5.02 Å². The molecule has 0 saturated heterocycles. The normalized spacial score (nSPS) is 17.3. The molecule has 2 rings (SSSR count). The molecule has 1 aliphatic rings. The molecule has 0 amide bonds. The Bertz CT molecular complexity index is 441. The van der Waals surface area contributed by atoms with Crippen molar-refractivity contribution < 1.29 is 9.90 Å². The second kappa shape index (κ2) is 4.57. The largest absolute Gasteiger partial charge is 0.478 e. The molecule has 2 N–H and O–H groups in total. The lowest BCUT2D eigenvalue weighted by Crippen LogP contribution is -2.33. The summed E-state index contributed by atoms with van der Waals surface area (Å²) in [5.74, 6) is -0.928. The number of nitrogens with one attached hydrogen (secondary N) is 1. The summed E-state index contributed by atoms with van der Waals surface area (Å²) in [4.78, 5) is 11.1. The summed E-state index contributed by atoms with van der Waals surface area (Å²) >= 11 is 5.89. The number of rotatable bonds is 4. The molecular weight excluding hydrogens is 238 g/mol. The molecule has 0 bridgehead atoms. The van der Waals surface area contributed by atoms with Crippen molar-refractivity contribution in [3.05, 3.63) is 28.8 Å². The van der Waals surface area contributed by atoms with Gasteiger partial charge in [0.1, 0.15) is 0 Å². The zero-order valence-corrected chi connectivity index (χ0v) is 10.5. The summed E-state index contributed by atoms with van der Waals surface area (Å²) in [6.45, 7) is 3.02. The Labute approximate surface area is 106 Å². The van der Waals surface area contributed by atoms with Crippen molar-refractivity contribution in [3.63, 3.8) is 0 Å². The van der Waals surface area contributed by atoms with Crippen molar-refractivity contribution in [3.8, 4) is 0 Å². The third-order valence-corrected chi connectivity index (χ3v) is 3.71. The Morgan fingerprint density at radius 2 is 2.24 bits per heavy atom. The molecule has 0 spiro atoms. The van der Waals surface area contributed by atoms with E-state index in [1.54, 1.807) is 12.1 Å². The van der Waals surface area contributed by atoms with Gasteiger partial charge in [0.15, 0.2) is 0 Å². The predicted molar refractivity (Wildman–Crippen MR) is 68.9 cm³/mol. The number of carbonyl (C=O) groups is 1. The van der Waals surface area contributed by atoms with E-state index in [0.29, 0.717) is 16.1 Å². The fraction of sp³-hybridized carbons (Fsp3) is 0.462. The Kier molecular flexibility index (Phi) is 3.29. The molecule has 0 aliphatic heterocycles. The molecular formula is C13H16ClNO2. The van der Waals surface area contributed by atoms with Crippen LogP contribution in [0.5, 0.6) is 0 Å². The molecule has 4 heteroatoms. The molecule has 1 aliphatic carbocycles. The first kappa shape index (κ1) is 12.2. The van der Waals surface area contributed by atoms with E-state index in [-0.39, 0.29) is 5.56 Å². The lowest BCUT2D eigenvalue weighted by molar-refractivity contribution is 0.0697. The van der Waals surface area contributed by atoms with Crippen LogP contribution >= 0.6 is 11.6 Å². The maximum Gasteiger partial charge on any atom is 0.337 e. The van der Waals surface area contributed by atoms with Gasteiger partial charge in [-0.05, 0) is 36.5 Å². The molecule has 1 saturated carbocycles. The molecule has 0 radical (unpaired) electrons. The molecule has 0 heterocycles. The first-order valence-corrected chi connectivity index (χ1v) is 6.15. The lowest BCUT2D eigenvalue weighted by atomic mass is 9.70. The summed E-state index contributed by atoms with van der Waals surface area (Å²) in [5, 5.41) is 12.8. The van der Waals surface area contributed by atoms with Crippen molar-refractivity contribution in [2.45, 2.75) is 26.2 Å². The number of halogens is 1. The third kappa shape index (κ3) is 2.72. The van der Waals surface area contributed by atoms with Crippen molar-refractivity contribution in [2.75, 3.05) is 11.9 Å². The molecule has 1 aromatic rings. The number of hydrogen-bond acceptors (Lipinski definition) is 2. The SMILES string of the molecule is CC1(CNc2cc(Cl)ccc2C(=O)O)CCC1. The van der Waals surface area contributed by atoms with Crippen LogP contribution in [0.1, 0.15) is 36.5 Å². The zero-order chi connectivity index (χ0) is 12.5. The average Bonchev–Trinajstić information content (AvgIpc) is 2.23. The maximum absolute atomic E-state index is 11.1. The highest BCUT2D eigenvalue weighted by Gasteiger charge is 2.31. The zero-order valence-electron chi connectivity index (χ0n) is 9.79. The van der Waals surface area contributed by atoms with E-state index in [1.165, 1.54) is 25.3 Å². The highest BCUT2D eigenvalue weighted by Crippen LogP contribution is 2.40. The first-order valence-electron chi connectivity index (χ1n) is 5.77. The van der Waals surface area contributed by atoms with E-state index in [0.717, 1.165) is 6.54 Å². The number of aromatic carboxylic acids is 1. The van der Waals surface area contributed by atoms with Crippen LogP contribution in [0.15, 0.2) is 18.2 Å². The number of hydrogen-bond donors (Lipinski definition) is 2. The fourth-order valence-corrected chi connectivity index (χ4v) is 2.29. The Morgan fingerprint density at radius 3 is 2.76 bits per heavy atom. The van der Waals surface area contributed by atoms with E-state index in [1.807, 2.05) is 0 Å². The van der Waals surface area contributed by atoms with Gasteiger partial charge in [0.05, 0.1) is 11.3 Å². The summed E-state index contributed by atoms with van der Waals surface area (Å²) in [7, 11) is 0. The average molecular weight is 254 g/mol. The minimum atomic E-state index is -0.928. The second-order valence-electron chi connectivity index (χ2n) is 5.01. The highest BCUT2D eigenvalue weighted by molar-refractivity contribution is 6.31. The van der Waals surface area contributed by atoms with Gasteiger partial charge in [-0.1, -0.05) is 24.9 Å². The van der Waals surface area contributed by atoms with Gasteiger partial charge in [-0.25, -0.2) is 4.79 Å². The Balaban J connectivity index is 2.13. The van der Waals surface area contributed by atoms with Crippen LogP contribution in [0.3, 0.4) is 0 Å². The van der Waals surface area contributed by atoms with Crippen LogP contribution in [0, 0.1) is 5.41 Å². The molecule has 0 atom stereocenters. The Hall–Kier alpha value is -1.22. The molecule has 0 aromatic heterocycles. The van der Waals surface area contributed by atoms with Crippen LogP contribution in [0.25, 0.3) is 0 Å². The minimum Gasteiger partial charge on any atom is -0.478 e.